The van der Waals surface area contributed by atoms with E-state index in [1.807, 2.05) is 48.5 Å². The van der Waals surface area contributed by atoms with Gasteiger partial charge in [-0.15, -0.1) is 0 Å². The van der Waals surface area contributed by atoms with Crippen molar-refractivity contribution in [2.45, 2.75) is 30.6 Å². The molecule has 1 amide bonds. The Morgan fingerprint density at radius 2 is 1.64 bits per heavy atom. The van der Waals surface area contributed by atoms with E-state index in [1.165, 1.54) is 12.4 Å². The Bertz CT molecular complexity index is 1270. The molecule has 0 radical (unpaired) electrons. The summed E-state index contributed by atoms with van der Waals surface area (Å²) in [7, 11) is -3.81. The van der Waals surface area contributed by atoms with Crippen molar-refractivity contribution in [2.24, 2.45) is 5.16 Å². The maximum Gasteiger partial charge on any atom is 0.264 e. The molecule has 2 N–H and O–H groups in total. The molecule has 0 saturated carbocycles. The molecule has 2 aromatic carbocycles. The third-order valence-electron chi connectivity index (χ3n) is 5.82. The average molecular weight is 470 g/mol. The van der Waals surface area contributed by atoms with Crippen molar-refractivity contribution in [3.8, 4) is 16.8 Å². The summed E-state index contributed by atoms with van der Waals surface area (Å²) in [6.07, 6.45) is 3.79. The molecular formula is C22H23N5O5S. The van der Waals surface area contributed by atoms with Gasteiger partial charge in [-0.05, 0) is 35.7 Å². The number of oxime groups is 1. The summed E-state index contributed by atoms with van der Waals surface area (Å²) in [4.78, 5) is 19.0. The van der Waals surface area contributed by atoms with Gasteiger partial charge in [-0.2, -0.15) is 15.0 Å². The number of benzene rings is 2. The highest BCUT2D eigenvalue weighted by Crippen LogP contribution is 2.30. The zero-order valence-corrected chi connectivity index (χ0v) is 18.9. The van der Waals surface area contributed by atoms with Crippen LogP contribution in [0.1, 0.15) is 25.3 Å². The summed E-state index contributed by atoms with van der Waals surface area (Å²) in [6.45, 7) is 1.26. The smallest absolute Gasteiger partial charge is 0.264 e. The quantitative estimate of drug-likeness (QED) is 0.400. The van der Waals surface area contributed by atoms with Gasteiger partial charge in [0.25, 0.3) is 5.91 Å². The van der Waals surface area contributed by atoms with Crippen molar-refractivity contribution >= 4 is 21.5 Å². The van der Waals surface area contributed by atoms with Gasteiger partial charge in [0.05, 0.1) is 23.8 Å². The highest BCUT2D eigenvalue weighted by Gasteiger charge is 2.47. The number of amides is 1. The minimum atomic E-state index is -3.81. The van der Waals surface area contributed by atoms with E-state index < -0.39 is 26.6 Å². The lowest BCUT2D eigenvalue weighted by Gasteiger charge is -2.26. The molecule has 172 valence electrons. The van der Waals surface area contributed by atoms with Crippen molar-refractivity contribution in [3.05, 3.63) is 66.5 Å². The summed E-state index contributed by atoms with van der Waals surface area (Å²) in [5.41, 5.74) is 5.84. The van der Waals surface area contributed by atoms with Crippen LogP contribution in [0.5, 0.6) is 0 Å². The third-order valence-corrected chi connectivity index (χ3v) is 7.81. The van der Waals surface area contributed by atoms with E-state index in [0.29, 0.717) is 12.1 Å². The number of hydroxylamine groups is 1. The molecule has 0 aliphatic carbocycles. The second-order valence-corrected chi connectivity index (χ2v) is 10.5. The number of nitrogens with one attached hydrogen (secondary N) is 1. The van der Waals surface area contributed by atoms with Crippen LogP contribution in [0.3, 0.4) is 0 Å². The Kier molecular flexibility index (Phi) is 6.00. The molecule has 4 rings (SSSR count). The monoisotopic (exact) mass is 469 g/mol. The maximum atomic E-state index is 12.2. The van der Waals surface area contributed by atoms with Crippen LogP contribution in [0, 0.1) is 0 Å². The average Bonchev–Trinajstić information content (AvgIpc) is 3.50. The van der Waals surface area contributed by atoms with Crippen LogP contribution in [0.2, 0.25) is 0 Å². The van der Waals surface area contributed by atoms with Gasteiger partial charge in [-0.3, -0.25) is 10.0 Å². The molecular weight excluding hydrogens is 446 g/mol. The summed E-state index contributed by atoms with van der Waals surface area (Å²) < 4.78 is 22.5. The van der Waals surface area contributed by atoms with Crippen LogP contribution < -0.4 is 5.48 Å². The molecule has 0 saturated heterocycles. The number of rotatable bonds is 7. The fraction of sp³-hybridized carbons (Fsp3) is 0.273. The van der Waals surface area contributed by atoms with Crippen LogP contribution in [0.4, 0.5) is 0 Å². The number of carbonyl (C=O) groups excluding carboxylic acids is 1. The van der Waals surface area contributed by atoms with Crippen LogP contribution in [0.15, 0.2) is 66.1 Å². The van der Waals surface area contributed by atoms with Gasteiger partial charge in [-0.25, -0.2) is 13.9 Å². The lowest BCUT2D eigenvalue weighted by Crippen LogP contribution is -2.51. The van der Waals surface area contributed by atoms with Crippen LogP contribution in [-0.2, 0) is 19.5 Å². The largest absolute Gasteiger partial charge is 0.392 e. The second-order valence-electron chi connectivity index (χ2n) is 8.06. The summed E-state index contributed by atoms with van der Waals surface area (Å²) in [5, 5.41) is 21.3. The highest BCUT2D eigenvalue weighted by atomic mass is 32.2. The molecule has 0 fully saturated rings. The van der Waals surface area contributed by atoms with E-state index >= 15 is 0 Å². The molecule has 1 aliphatic rings. The van der Waals surface area contributed by atoms with Gasteiger partial charge in [0.2, 0.25) is 0 Å². The fourth-order valence-electron chi connectivity index (χ4n) is 3.66. The van der Waals surface area contributed by atoms with Crippen molar-refractivity contribution in [1.29, 1.82) is 0 Å². The molecule has 0 bridgehead atoms. The van der Waals surface area contributed by atoms with Crippen LogP contribution in [0.25, 0.3) is 16.8 Å². The standard InChI is InChI=1S/C22H23N5O5S/c1-22(21(28)25-29,33(2,30)31)14-19-13-20(26-32-19)17-5-3-15(4-6-17)16-7-9-18(10-8-16)27-23-11-12-24-27/h3-12,19,29H,13-14H2,1-2H3,(H,25,28)/t19-,22-/m1/s1. The molecule has 11 heteroatoms. The molecule has 1 aliphatic heterocycles. The zero-order chi connectivity index (χ0) is 23.6. The minimum Gasteiger partial charge on any atom is -0.392 e. The Hall–Kier alpha value is -3.57. The van der Waals surface area contributed by atoms with E-state index in [4.69, 9.17) is 10.0 Å². The molecule has 10 nitrogen and oxygen atoms in total. The normalized spacial score (nSPS) is 17.7. The molecule has 2 heterocycles. The van der Waals surface area contributed by atoms with E-state index in [0.717, 1.165) is 28.6 Å². The van der Waals surface area contributed by atoms with E-state index in [2.05, 4.69) is 15.4 Å². The predicted molar refractivity (Wildman–Crippen MR) is 121 cm³/mol. The first-order valence-electron chi connectivity index (χ1n) is 10.2. The van der Waals surface area contributed by atoms with E-state index in [-0.39, 0.29) is 6.42 Å². The summed E-state index contributed by atoms with van der Waals surface area (Å²) >= 11 is 0. The van der Waals surface area contributed by atoms with Gasteiger partial charge in [0.15, 0.2) is 14.6 Å². The number of hydrogen-bond donors (Lipinski definition) is 2. The van der Waals surface area contributed by atoms with Crippen molar-refractivity contribution in [1.82, 2.24) is 20.5 Å². The molecule has 0 spiro atoms. The van der Waals surface area contributed by atoms with Gasteiger partial charge >= 0.3 is 0 Å². The topological polar surface area (TPSA) is 136 Å². The lowest BCUT2D eigenvalue weighted by atomic mass is 9.95. The first kappa shape index (κ1) is 22.6. The van der Waals surface area contributed by atoms with Crippen molar-refractivity contribution < 1.29 is 23.3 Å². The van der Waals surface area contributed by atoms with Gasteiger partial charge in [0, 0.05) is 19.1 Å². The molecule has 0 unspecified atom stereocenters. The predicted octanol–water partition coefficient (Wildman–Crippen LogP) is 2.13. The molecule has 1 aromatic heterocycles. The SMILES string of the molecule is C[C@@](C[C@H]1CC(c2ccc(-c3ccc(-n4nccn4)cc3)cc2)=NO1)(C(=O)NO)S(C)(=O)=O. The Morgan fingerprint density at radius 3 is 2.18 bits per heavy atom. The lowest BCUT2D eigenvalue weighted by molar-refractivity contribution is -0.132. The van der Waals surface area contributed by atoms with Crippen LogP contribution >= 0.6 is 0 Å². The number of sulfone groups is 1. The fourth-order valence-corrected chi connectivity index (χ4v) is 4.54. The number of aromatic nitrogens is 3. The Labute approximate surface area is 190 Å². The van der Waals surface area contributed by atoms with Crippen LogP contribution in [-0.4, -0.2) is 57.3 Å². The third kappa shape index (κ3) is 4.50. The first-order valence-corrected chi connectivity index (χ1v) is 12.0. The maximum absolute atomic E-state index is 12.2. The van der Waals surface area contributed by atoms with E-state index in [1.54, 1.807) is 17.2 Å². The highest BCUT2D eigenvalue weighted by molar-refractivity contribution is 7.92. The molecule has 2 atom stereocenters. The Balaban J connectivity index is 1.44. The van der Waals surface area contributed by atoms with E-state index in [9.17, 15) is 13.2 Å². The summed E-state index contributed by atoms with van der Waals surface area (Å²) in [5.74, 6) is -0.999. The number of nitrogens with zero attached hydrogens (tertiary/aromatic N) is 4. The van der Waals surface area contributed by atoms with Gasteiger partial charge in [0.1, 0.15) is 6.10 Å². The molecule has 33 heavy (non-hydrogen) atoms. The number of carbonyl (C=O) groups is 1. The minimum absolute atomic E-state index is 0.138. The van der Waals surface area contributed by atoms with Crippen molar-refractivity contribution in [2.75, 3.05) is 6.26 Å². The molecule has 3 aromatic rings. The van der Waals surface area contributed by atoms with Gasteiger partial charge < -0.3 is 4.84 Å². The van der Waals surface area contributed by atoms with Crippen molar-refractivity contribution in [3.63, 3.8) is 0 Å². The summed E-state index contributed by atoms with van der Waals surface area (Å²) in [6, 6.07) is 15.6. The first-order chi connectivity index (χ1) is 15.7. The number of hydrogen-bond acceptors (Lipinski definition) is 8. The zero-order valence-electron chi connectivity index (χ0n) is 18.0. The second kappa shape index (κ2) is 8.75. The van der Waals surface area contributed by atoms with Gasteiger partial charge in [-0.1, -0.05) is 41.6 Å². The Morgan fingerprint density at radius 1 is 1.09 bits per heavy atom.